The van der Waals surface area contributed by atoms with Crippen LogP contribution < -0.4 is 14.8 Å². The highest BCUT2D eigenvalue weighted by molar-refractivity contribution is 6.00. The SMILES string of the molecule is COc1ccc(CCNC(=O)CN2C(=O)N(Cc3ccccc3)C(=O)C3CCCCC32)cc1OC. The number of hydrogen-bond acceptors (Lipinski definition) is 5. The fourth-order valence-corrected chi connectivity index (χ4v) is 5.05. The van der Waals surface area contributed by atoms with Crippen LogP contribution in [0.15, 0.2) is 48.5 Å². The van der Waals surface area contributed by atoms with Crippen LogP contribution in [0.2, 0.25) is 0 Å². The average molecular weight is 480 g/mol. The van der Waals surface area contributed by atoms with E-state index in [1.807, 2.05) is 48.5 Å². The molecule has 1 saturated heterocycles. The van der Waals surface area contributed by atoms with Crippen molar-refractivity contribution in [1.82, 2.24) is 15.1 Å². The van der Waals surface area contributed by atoms with Gasteiger partial charge in [0.05, 0.1) is 26.7 Å². The van der Waals surface area contributed by atoms with Crippen molar-refractivity contribution in [1.29, 1.82) is 0 Å². The maximum absolute atomic E-state index is 13.4. The lowest BCUT2D eigenvalue weighted by molar-refractivity contribution is -0.142. The lowest BCUT2D eigenvalue weighted by atomic mass is 9.81. The molecule has 0 aromatic heterocycles. The maximum atomic E-state index is 13.4. The molecule has 2 aliphatic rings. The van der Waals surface area contributed by atoms with Gasteiger partial charge in [-0.1, -0.05) is 49.2 Å². The van der Waals surface area contributed by atoms with Gasteiger partial charge in [0.1, 0.15) is 6.54 Å². The number of imide groups is 1. The van der Waals surface area contributed by atoms with Crippen LogP contribution in [0.25, 0.3) is 0 Å². The first kappa shape index (κ1) is 24.6. The predicted molar refractivity (Wildman–Crippen MR) is 131 cm³/mol. The van der Waals surface area contributed by atoms with Gasteiger partial charge in [-0.15, -0.1) is 0 Å². The molecule has 2 unspecified atom stereocenters. The van der Waals surface area contributed by atoms with Gasteiger partial charge in [-0.3, -0.25) is 14.5 Å². The Labute approximate surface area is 206 Å². The molecule has 0 bridgehead atoms. The molecular weight excluding hydrogens is 446 g/mol. The Morgan fingerprint density at radius 3 is 2.46 bits per heavy atom. The molecule has 1 aliphatic carbocycles. The maximum Gasteiger partial charge on any atom is 0.327 e. The predicted octanol–water partition coefficient (Wildman–Crippen LogP) is 3.39. The second-order valence-electron chi connectivity index (χ2n) is 9.07. The van der Waals surface area contributed by atoms with Crippen LogP contribution in [-0.2, 0) is 22.6 Å². The van der Waals surface area contributed by atoms with Gasteiger partial charge in [0.2, 0.25) is 11.8 Å². The minimum Gasteiger partial charge on any atom is -0.493 e. The van der Waals surface area contributed by atoms with Gasteiger partial charge in [0.25, 0.3) is 0 Å². The third kappa shape index (κ3) is 5.58. The van der Waals surface area contributed by atoms with E-state index in [2.05, 4.69) is 5.32 Å². The number of urea groups is 1. The van der Waals surface area contributed by atoms with Crippen molar-refractivity contribution in [2.45, 2.75) is 44.7 Å². The quantitative estimate of drug-likeness (QED) is 0.596. The number of carbonyl (C=O) groups excluding carboxylic acids is 3. The summed E-state index contributed by atoms with van der Waals surface area (Å²) in [6.45, 7) is 0.598. The van der Waals surface area contributed by atoms with Gasteiger partial charge in [0.15, 0.2) is 11.5 Å². The number of carbonyl (C=O) groups is 3. The molecule has 186 valence electrons. The highest BCUT2D eigenvalue weighted by atomic mass is 16.5. The smallest absolute Gasteiger partial charge is 0.327 e. The molecule has 2 fully saturated rings. The highest BCUT2D eigenvalue weighted by Crippen LogP contribution is 2.35. The second-order valence-corrected chi connectivity index (χ2v) is 9.07. The molecule has 1 saturated carbocycles. The zero-order valence-electron chi connectivity index (χ0n) is 20.4. The standard InChI is InChI=1S/C27H33N3O5/c1-34-23-13-12-19(16-24(23)35-2)14-15-28-25(31)18-29-22-11-7-6-10-21(22)26(32)30(27(29)33)17-20-8-4-3-5-9-20/h3-5,8-9,12-13,16,21-22H,6-7,10-11,14-15,17-18H2,1-2H3,(H,28,31). The summed E-state index contributed by atoms with van der Waals surface area (Å²) in [6.07, 6.45) is 4.04. The fourth-order valence-electron chi connectivity index (χ4n) is 5.05. The van der Waals surface area contributed by atoms with E-state index in [0.29, 0.717) is 24.5 Å². The molecule has 35 heavy (non-hydrogen) atoms. The summed E-state index contributed by atoms with van der Waals surface area (Å²) in [5.74, 6) is 0.706. The Hall–Kier alpha value is -3.55. The zero-order chi connectivity index (χ0) is 24.8. The molecule has 2 atom stereocenters. The van der Waals surface area contributed by atoms with Crippen molar-refractivity contribution in [3.8, 4) is 11.5 Å². The third-order valence-electron chi connectivity index (χ3n) is 6.87. The van der Waals surface area contributed by atoms with Gasteiger partial charge in [-0.05, 0) is 42.5 Å². The number of rotatable bonds is 9. The Balaban J connectivity index is 1.40. The van der Waals surface area contributed by atoms with Gasteiger partial charge in [0, 0.05) is 12.6 Å². The molecule has 4 rings (SSSR count). The summed E-state index contributed by atoms with van der Waals surface area (Å²) < 4.78 is 10.6. The van der Waals surface area contributed by atoms with Crippen molar-refractivity contribution in [3.05, 3.63) is 59.7 Å². The molecule has 2 aromatic rings. The molecule has 0 spiro atoms. The number of methoxy groups -OCH3 is 2. The molecule has 1 aliphatic heterocycles. The second kappa shape index (κ2) is 11.3. The average Bonchev–Trinajstić information content (AvgIpc) is 2.89. The molecular formula is C27H33N3O5. The zero-order valence-corrected chi connectivity index (χ0v) is 20.4. The van der Waals surface area contributed by atoms with Crippen molar-refractivity contribution in [2.24, 2.45) is 5.92 Å². The lowest BCUT2D eigenvalue weighted by Gasteiger charge is -2.46. The van der Waals surface area contributed by atoms with E-state index >= 15 is 0 Å². The van der Waals surface area contributed by atoms with E-state index in [0.717, 1.165) is 36.8 Å². The Morgan fingerprint density at radius 1 is 0.971 bits per heavy atom. The van der Waals surface area contributed by atoms with Crippen LogP contribution in [-0.4, -0.2) is 61.0 Å². The van der Waals surface area contributed by atoms with Crippen LogP contribution in [0.3, 0.4) is 0 Å². The molecule has 2 aromatic carbocycles. The van der Waals surface area contributed by atoms with Crippen LogP contribution in [0.1, 0.15) is 36.8 Å². The number of benzene rings is 2. The molecule has 1 N–H and O–H groups in total. The monoisotopic (exact) mass is 479 g/mol. The van der Waals surface area contributed by atoms with Crippen LogP contribution in [0.4, 0.5) is 4.79 Å². The number of nitrogens with zero attached hydrogens (tertiary/aromatic N) is 2. The summed E-state index contributed by atoms with van der Waals surface area (Å²) in [4.78, 5) is 42.3. The first-order chi connectivity index (χ1) is 17.0. The van der Waals surface area contributed by atoms with Gasteiger partial charge in [-0.2, -0.15) is 0 Å². The minimum absolute atomic E-state index is 0.0511. The van der Waals surface area contributed by atoms with Gasteiger partial charge >= 0.3 is 6.03 Å². The summed E-state index contributed by atoms with van der Waals surface area (Å²) in [7, 11) is 3.18. The summed E-state index contributed by atoms with van der Waals surface area (Å²) in [6, 6.07) is 14.5. The number of nitrogens with one attached hydrogen (secondary N) is 1. The minimum atomic E-state index is -0.378. The van der Waals surface area contributed by atoms with Gasteiger partial charge < -0.3 is 19.7 Å². The third-order valence-corrected chi connectivity index (χ3v) is 6.87. The summed E-state index contributed by atoms with van der Waals surface area (Å²) in [5, 5.41) is 2.93. The van der Waals surface area contributed by atoms with Gasteiger partial charge in [-0.25, -0.2) is 4.79 Å². The van der Waals surface area contributed by atoms with E-state index in [4.69, 9.17) is 9.47 Å². The van der Waals surface area contributed by atoms with Crippen LogP contribution >= 0.6 is 0 Å². The largest absolute Gasteiger partial charge is 0.493 e. The fraction of sp³-hybridized carbons (Fsp3) is 0.444. The van der Waals surface area contributed by atoms with E-state index in [1.54, 1.807) is 19.1 Å². The lowest BCUT2D eigenvalue weighted by Crippen LogP contribution is -2.63. The molecule has 1 heterocycles. The first-order valence-electron chi connectivity index (χ1n) is 12.2. The van der Waals surface area contributed by atoms with E-state index in [1.165, 1.54) is 4.90 Å². The van der Waals surface area contributed by atoms with E-state index < -0.39 is 0 Å². The Kier molecular flexibility index (Phi) is 7.90. The normalized spacial score (nSPS) is 19.8. The number of hydrogen-bond donors (Lipinski definition) is 1. The molecule has 4 amide bonds. The van der Waals surface area contributed by atoms with Crippen molar-refractivity contribution in [2.75, 3.05) is 27.3 Å². The summed E-state index contributed by atoms with van der Waals surface area (Å²) in [5.41, 5.74) is 1.90. The topological polar surface area (TPSA) is 88.2 Å². The van der Waals surface area contributed by atoms with Crippen molar-refractivity contribution >= 4 is 17.8 Å². The van der Waals surface area contributed by atoms with E-state index in [-0.39, 0.29) is 42.9 Å². The number of amides is 4. The number of ether oxygens (including phenoxy) is 2. The molecule has 8 nitrogen and oxygen atoms in total. The number of fused-ring (bicyclic) bond motifs is 1. The molecule has 0 radical (unpaired) electrons. The Morgan fingerprint density at radius 2 is 1.71 bits per heavy atom. The van der Waals surface area contributed by atoms with Crippen molar-refractivity contribution < 1.29 is 23.9 Å². The van der Waals surface area contributed by atoms with Crippen LogP contribution in [0.5, 0.6) is 11.5 Å². The van der Waals surface area contributed by atoms with Crippen molar-refractivity contribution in [3.63, 3.8) is 0 Å². The van der Waals surface area contributed by atoms with E-state index in [9.17, 15) is 14.4 Å². The Bertz CT molecular complexity index is 1060. The highest BCUT2D eigenvalue weighted by Gasteiger charge is 2.47. The molecule has 8 heteroatoms. The summed E-state index contributed by atoms with van der Waals surface area (Å²) >= 11 is 0. The van der Waals surface area contributed by atoms with Crippen LogP contribution in [0, 0.1) is 5.92 Å². The first-order valence-corrected chi connectivity index (χ1v) is 12.2.